The molecule has 0 saturated carbocycles. The van der Waals surface area contributed by atoms with Crippen LogP contribution in [0, 0.1) is 13.8 Å². The molecule has 190 valence electrons. The van der Waals surface area contributed by atoms with Gasteiger partial charge in [0.1, 0.15) is 17.1 Å². The van der Waals surface area contributed by atoms with Crippen LogP contribution in [0.2, 0.25) is 0 Å². The summed E-state index contributed by atoms with van der Waals surface area (Å²) in [7, 11) is 1.58. The molecule has 8 nitrogen and oxygen atoms in total. The van der Waals surface area contributed by atoms with E-state index in [0.717, 1.165) is 14.7 Å². The van der Waals surface area contributed by atoms with Crippen LogP contribution < -0.4 is 9.64 Å². The van der Waals surface area contributed by atoms with Gasteiger partial charge in [-0.2, -0.15) is 0 Å². The number of methoxy groups -OCH3 is 1. The molecule has 4 heterocycles. The van der Waals surface area contributed by atoms with Crippen molar-refractivity contribution in [3.05, 3.63) is 93.4 Å². The minimum Gasteiger partial charge on any atom is -0.505 e. The molecule has 1 unspecified atom stereocenters. The molecule has 1 N–H and O–H groups in total. The van der Waals surface area contributed by atoms with Crippen molar-refractivity contribution in [2.75, 3.05) is 12.0 Å². The molecule has 1 saturated heterocycles. The second-order valence-electron chi connectivity index (χ2n) is 8.98. The molecule has 6 rings (SSSR count). The van der Waals surface area contributed by atoms with E-state index in [4.69, 9.17) is 4.74 Å². The number of fused-ring (bicyclic) bond motifs is 2. The van der Waals surface area contributed by atoms with Gasteiger partial charge in [0.15, 0.2) is 10.9 Å². The smallest absolute Gasteiger partial charge is 0.301 e. The molecule has 0 spiro atoms. The first-order valence-corrected chi connectivity index (χ1v) is 13.3. The molecule has 1 aliphatic heterocycles. The van der Waals surface area contributed by atoms with Crippen LogP contribution in [0.1, 0.15) is 28.6 Å². The molecule has 1 aliphatic rings. The third kappa shape index (κ3) is 3.71. The molecule has 10 heteroatoms. The number of ether oxygens (including phenoxy) is 1. The van der Waals surface area contributed by atoms with E-state index in [-0.39, 0.29) is 17.0 Å². The molecule has 0 aliphatic carbocycles. The van der Waals surface area contributed by atoms with Gasteiger partial charge in [-0.15, -0.1) is 0 Å². The second-order valence-corrected chi connectivity index (χ2v) is 10.9. The Morgan fingerprint density at radius 3 is 2.63 bits per heavy atom. The van der Waals surface area contributed by atoms with Gasteiger partial charge in [0.25, 0.3) is 5.78 Å². The number of aryl methyl sites for hydroxylation is 2. The van der Waals surface area contributed by atoms with Crippen molar-refractivity contribution >= 4 is 65.7 Å². The van der Waals surface area contributed by atoms with Crippen LogP contribution in [-0.2, 0) is 9.59 Å². The minimum atomic E-state index is -0.903. The summed E-state index contributed by atoms with van der Waals surface area (Å²) in [5.41, 5.74) is 3.79. The zero-order valence-electron chi connectivity index (χ0n) is 20.6. The normalized spacial score (nSPS) is 17.2. The number of imidazole rings is 1. The van der Waals surface area contributed by atoms with Gasteiger partial charge < -0.3 is 14.2 Å². The van der Waals surface area contributed by atoms with Crippen LogP contribution in [0.4, 0.5) is 5.13 Å². The second kappa shape index (κ2) is 9.07. The SMILES string of the molecule is COc1ccc2nc(N3C(=O)C(=O)C(=C(O)c4nc5c(C)cccn5c4C)C3c3cccc(Br)c3)sc2c1. The van der Waals surface area contributed by atoms with Gasteiger partial charge in [-0.25, -0.2) is 9.97 Å². The third-order valence-electron chi connectivity index (χ3n) is 6.71. The van der Waals surface area contributed by atoms with Crippen LogP contribution >= 0.6 is 27.3 Å². The van der Waals surface area contributed by atoms with E-state index in [1.54, 1.807) is 19.2 Å². The summed E-state index contributed by atoms with van der Waals surface area (Å²) in [6.45, 7) is 3.74. The highest BCUT2D eigenvalue weighted by Gasteiger charge is 2.48. The monoisotopic (exact) mass is 588 g/mol. The summed E-state index contributed by atoms with van der Waals surface area (Å²) in [5.74, 6) is -1.22. The van der Waals surface area contributed by atoms with Gasteiger partial charge in [0.05, 0.1) is 34.6 Å². The Bertz CT molecular complexity index is 1820. The molecule has 38 heavy (non-hydrogen) atoms. The summed E-state index contributed by atoms with van der Waals surface area (Å²) in [6, 6.07) is 15.7. The van der Waals surface area contributed by atoms with Crippen LogP contribution in [0.15, 0.2) is 70.8 Å². The molecule has 0 bridgehead atoms. The Morgan fingerprint density at radius 2 is 1.89 bits per heavy atom. The Balaban J connectivity index is 1.59. The van der Waals surface area contributed by atoms with Crippen molar-refractivity contribution in [2.45, 2.75) is 19.9 Å². The van der Waals surface area contributed by atoms with E-state index in [2.05, 4.69) is 25.9 Å². The van der Waals surface area contributed by atoms with Crippen LogP contribution in [0.5, 0.6) is 5.75 Å². The number of aliphatic hydroxyl groups is 1. The van der Waals surface area contributed by atoms with Gasteiger partial charge >= 0.3 is 5.91 Å². The standard InChI is InChI=1S/C28H21BrN4O4S/c1-14-6-5-11-32-15(2)22(31-26(14)32)24(34)21-23(16-7-4-8-17(29)12-16)33(27(36)25(21)35)28-30-19-10-9-18(37-3)13-20(19)38-28/h4-13,23,34H,1-3H3. The number of nitrogens with zero attached hydrogens (tertiary/aromatic N) is 4. The quantitative estimate of drug-likeness (QED) is 0.158. The maximum Gasteiger partial charge on any atom is 0.301 e. The molecule has 2 aromatic carbocycles. The van der Waals surface area contributed by atoms with Gasteiger partial charge in [0.2, 0.25) is 0 Å². The Kier molecular flexibility index (Phi) is 5.81. The molecule has 1 fully saturated rings. The molecular formula is C28H21BrN4O4S. The first-order chi connectivity index (χ1) is 18.3. The predicted octanol–water partition coefficient (Wildman–Crippen LogP) is 5.96. The average molecular weight is 589 g/mol. The highest BCUT2D eigenvalue weighted by atomic mass is 79.9. The highest BCUT2D eigenvalue weighted by molar-refractivity contribution is 9.10. The predicted molar refractivity (Wildman–Crippen MR) is 150 cm³/mol. The first kappa shape index (κ1) is 24.3. The van der Waals surface area contributed by atoms with E-state index in [1.165, 1.54) is 16.2 Å². The minimum absolute atomic E-state index is 0.0332. The average Bonchev–Trinajstić information content (AvgIpc) is 3.56. The Hall–Kier alpha value is -4.02. The van der Waals surface area contributed by atoms with Crippen LogP contribution in [0.3, 0.4) is 0 Å². The zero-order chi connectivity index (χ0) is 26.7. The number of Topliss-reactive ketones (excluding diaryl/α,β-unsaturated/α-hetero) is 1. The number of pyridine rings is 1. The van der Waals surface area contributed by atoms with Gasteiger partial charge in [-0.3, -0.25) is 14.5 Å². The largest absolute Gasteiger partial charge is 0.505 e. The number of carbonyl (C=O) groups excluding carboxylic acids is 2. The number of amides is 1. The number of halogens is 1. The first-order valence-electron chi connectivity index (χ1n) is 11.7. The number of aromatic nitrogens is 3. The summed E-state index contributed by atoms with van der Waals surface area (Å²) in [4.78, 5) is 37.8. The molecule has 3 aromatic heterocycles. The number of ketones is 1. The summed E-state index contributed by atoms with van der Waals surface area (Å²) in [6.07, 6.45) is 1.85. The lowest BCUT2D eigenvalue weighted by atomic mass is 9.96. The Labute approximate surface area is 230 Å². The van der Waals surface area contributed by atoms with Crippen LogP contribution in [-0.4, -0.2) is 38.3 Å². The van der Waals surface area contributed by atoms with Crippen molar-refractivity contribution in [3.8, 4) is 5.75 Å². The lowest BCUT2D eigenvalue weighted by Gasteiger charge is -2.23. The number of thiazole rings is 1. The van der Waals surface area contributed by atoms with Gasteiger partial charge in [0, 0.05) is 10.7 Å². The molecule has 1 atom stereocenters. The van der Waals surface area contributed by atoms with Crippen molar-refractivity contribution in [2.24, 2.45) is 0 Å². The number of benzene rings is 2. The fourth-order valence-corrected chi connectivity index (χ4v) is 6.26. The fourth-order valence-electron chi connectivity index (χ4n) is 4.82. The third-order valence-corrected chi connectivity index (χ3v) is 8.22. The number of anilines is 1. The Morgan fingerprint density at radius 1 is 1.08 bits per heavy atom. The van der Waals surface area contributed by atoms with E-state index >= 15 is 0 Å². The van der Waals surface area contributed by atoms with Crippen LogP contribution in [0.25, 0.3) is 21.6 Å². The fraction of sp³-hybridized carbons (Fsp3) is 0.143. The summed E-state index contributed by atoms with van der Waals surface area (Å²) in [5, 5.41) is 12.0. The molecule has 5 aromatic rings. The zero-order valence-corrected chi connectivity index (χ0v) is 23.0. The summed E-state index contributed by atoms with van der Waals surface area (Å²) >= 11 is 4.77. The number of aliphatic hydroxyl groups excluding tert-OH is 1. The van der Waals surface area contributed by atoms with E-state index in [1.807, 2.05) is 66.9 Å². The maximum absolute atomic E-state index is 13.6. The number of hydrogen-bond acceptors (Lipinski definition) is 7. The van der Waals surface area contributed by atoms with Crippen molar-refractivity contribution in [1.29, 1.82) is 0 Å². The van der Waals surface area contributed by atoms with E-state index < -0.39 is 17.7 Å². The van der Waals surface area contributed by atoms with Gasteiger partial charge in [-0.1, -0.05) is 45.5 Å². The molecule has 0 radical (unpaired) electrons. The van der Waals surface area contributed by atoms with Crippen molar-refractivity contribution in [3.63, 3.8) is 0 Å². The number of carbonyl (C=O) groups is 2. The maximum atomic E-state index is 13.6. The lowest BCUT2D eigenvalue weighted by Crippen LogP contribution is -2.29. The molecule has 1 amide bonds. The van der Waals surface area contributed by atoms with E-state index in [9.17, 15) is 14.7 Å². The van der Waals surface area contributed by atoms with Crippen molar-refractivity contribution in [1.82, 2.24) is 14.4 Å². The summed E-state index contributed by atoms with van der Waals surface area (Å²) < 4.78 is 8.77. The number of hydrogen-bond donors (Lipinski definition) is 1. The van der Waals surface area contributed by atoms with Crippen molar-refractivity contribution < 1.29 is 19.4 Å². The van der Waals surface area contributed by atoms with Gasteiger partial charge in [-0.05, 0) is 61.4 Å². The van der Waals surface area contributed by atoms with E-state index in [0.29, 0.717) is 33.3 Å². The molecular weight excluding hydrogens is 568 g/mol. The topological polar surface area (TPSA) is 97.0 Å². The number of rotatable bonds is 4. The lowest BCUT2D eigenvalue weighted by molar-refractivity contribution is -0.132. The highest BCUT2D eigenvalue weighted by Crippen LogP contribution is 2.45.